The second-order valence-corrected chi connectivity index (χ2v) is 10.9. The first kappa shape index (κ1) is 30.6. The Kier molecular flexibility index (Phi) is 10.9. The quantitative estimate of drug-likeness (QED) is 0.246. The number of carboxylic acid groups (broad SMARTS) is 1. The van der Waals surface area contributed by atoms with Crippen molar-refractivity contribution in [2.75, 3.05) is 52.4 Å². The summed E-state index contributed by atoms with van der Waals surface area (Å²) in [6.07, 6.45) is 7.06. The molecule has 10 nitrogen and oxygen atoms in total. The summed E-state index contributed by atoms with van der Waals surface area (Å²) in [7, 11) is 2.99. The number of amides is 1. The summed E-state index contributed by atoms with van der Waals surface area (Å²) < 4.78 is 24.2. The van der Waals surface area contributed by atoms with E-state index in [2.05, 4.69) is 27.8 Å². The molecule has 1 aliphatic carbocycles. The van der Waals surface area contributed by atoms with E-state index in [-0.39, 0.29) is 12.3 Å². The number of aromatic nitrogens is 2. The van der Waals surface area contributed by atoms with E-state index in [1.807, 2.05) is 4.90 Å². The fourth-order valence-corrected chi connectivity index (χ4v) is 5.39. The van der Waals surface area contributed by atoms with Gasteiger partial charge < -0.3 is 30.1 Å². The largest absolute Gasteiger partial charge is 0.495 e. The summed E-state index contributed by atoms with van der Waals surface area (Å²) in [5, 5.41) is 16.0. The van der Waals surface area contributed by atoms with Crippen molar-refractivity contribution in [3.8, 4) is 5.75 Å². The normalized spacial score (nSPS) is 16.8. The molecule has 0 saturated heterocycles. The second-order valence-electron chi connectivity index (χ2n) is 10.9. The molecule has 1 fully saturated rings. The number of carboxylic acids is 1. The van der Waals surface area contributed by atoms with Crippen LogP contribution in [0.4, 0.5) is 10.2 Å². The van der Waals surface area contributed by atoms with Gasteiger partial charge in [0.1, 0.15) is 24.3 Å². The molecule has 3 N–H and O–H groups in total. The summed E-state index contributed by atoms with van der Waals surface area (Å²) in [5.41, 5.74) is 1.95. The van der Waals surface area contributed by atoms with E-state index in [0.29, 0.717) is 43.9 Å². The molecule has 1 amide bonds. The number of nitrogens with zero attached hydrogens (tertiary/aromatic N) is 3. The van der Waals surface area contributed by atoms with Crippen molar-refractivity contribution >= 4 is 17.7 Å². The number of ether oxygens (including phenoxy) is 2. The highest BCUT2D eigenvalue weighted by Gasteiger charge is 2.54. The van der Waals surface area contributed by atoms with Crippen LogP contribution >= 0.6 is 0 Å². The first-order valence-corrected chi connectivity index (χ1v) is 14.5. The first-order chi connectivity index (χ1) is 19.9. The third-order valence-corrected chi connectivity index (χ3v) is 8.04. The van der Waals surface area contributed by atoms with Gasteiger partial charge in [-0.05, 0) is 81.7 Å². The minimum atomic E-state index is -1.11. The Bertz CT molecular complexity index is 1170. The number of aryl methyl sites for hydroxylation is 2. The molecular formula is C30H42FN5O5. The lowest BCUT2D eigenvalue weighted by Crippen LogP contribution is -2.48. The molecule has 1 aliphatic heterocycles. The Hall–Kier alpha value is -3.31. The molecule has 0 bridgehead atoms. The van der Waals surface area contributed by atoms with Gasteiger partial charge >= 0.3 is 5.97 Å². The lowest BCUT2D eigenvalue weighted by atomic mass is 9.98. The predicted molar refractivity (Wildman–Crippen MR) is 153 cm³/mol. The van der Waals surface area contributed by atoms with Gasteiger partial charge in [-0.3, -0.25) is 9.78 Å². The van der Waals surface area contributed by atoms with Gasteiger partial charge in [0, 0.05) is 38.6 Å². The van der Waals surface area contributed by atoms with Gasteiger partial charge in [0.15, 0.2) is 0 Å². The maximum absolute atomic E-state index is 13.5. The number of alkyl halides is 1. The average molecular weight is 572 g/mol. The van der Waals surface area contributed by atoms with Crippen LogP contribution in [-0.4, -0.2) is 91.1 Å². The zero-order chi connectivity index (χ0) is 29.2. The minimum Gasteiger partial charge on any atom is -0.495 e. The third kappa shape index (κ3) is 7.91. The highest BCUT2D eigenvalue weighted by molar-refractivity contribution is 5.94. The number of hydrogen-bond acceptors (Lipinski definition) is 8. The van der Waals surface area contributed by atoms with Crippen LogP contribution < -0.4 is 15.4 Å². The van der Waals surface area contributed by atoms with Crippen LogP contribution in [0.3, 0.4) is 0 Å². The maximum atomic E-state index is 13.5. The Labute approximate surface area is 241 Å². The molecule has 0 radical (unpaired) electrons. The molecule has 11 heteroatoms. The van der Waals surface area contributed by atoms with Gasteiger partial charge in [-0.1, -0.05) is 6.07 Å². The molecule has 2 aliphatic rings. The molecule has 2 aromatic rings. The number of fused-ring (bicyclic) bond motifs is 1. The fraction of sp³-hybridized carbons (Fsp3) is 0.600. The van der Waals surface area contributed by atoms with Crippen LogP contribution in [0.5, 0.6) is 5.75 Å². The van der Waals surface area contributed by atoms with Crippen molar-refractivity contribution in [1.82, 2.24) is 20.2 Å². The Morgan fingerprint density at radius 1 is 1.22 bits per heavy atom. The lowest BCUT2D eigenvalue weighted by Gasteiger charge is -2.27. The van der Waals surface area contributed by atoms with Crippen LogP contribution in [0, 0.1) is 0 Å². The molecule has 3 heterocycles. The van der Waals surface area contributed by atoms with E-state index in [1.165, 1.54) is 19.8 Å². The van der Waals surface area contributed by atoms with Crippen LogP contribution in [-0.2, 0) is 32.6 Å². The monoisotopic (exact) mass is 571 g/mol. The molecule has 41 heavy (non-hydrogen) atoms. The van der Waals surface area contributed by atoms with Crippen molar-refractivity contribution in [3.63, 3.8) is 0 Å². The lowest BCUT2D eigenvalue weighted by molar-refractivity contribution is -0.142. The number of pyridine rings is 2. The number of nitrogens with one attached hydrogen (secondary N) is 2. The Morgan fingerprint density at radius 3 is 2.76 bits per heavy atom. The number of carbonyl (C=O) groups is 2. The molecular weight excluding hydrogens is 529 g/mol. The molecule has 4 rings (SSSR count). The van der Waals surface area contributed by atoms with Crippen LogP contribution in [0.2, 0.25) is 0 Å². The molecule has 2 aromatic heterocycles. The third-order valence-electron chi connectivity index (χ3n) is 8.04. The molecule has 0 aromatic carbocycles. The van der Waals surface area contributed by atoms with Crippen LogP contribution in [0.15, 0.2) is 30.5 Å². The Balaban J connectivity index is 1.33. The Morgan fingerprint density at radius 2 is 2.05 bits per heavy atom. The molecule has 0 spiro atoms. The predicted octanol–water partition coefficient (Wildman–Crippen LogP) is 3.14. The van der Waals surface area contributed by atoms with E-state index < -0.39 is 30.2 Å². The highest BCUT2D eigenvalue weighted by atomic mass is 19.1. The zero-order valence-electron chi connectivity index (χ0n) is 24.0. The second kappa shape index (κ2) is 14.5. The van der Waals surface area contributed by atoms with Crippen LogP contribution in [0.1, 0.15) is 55.5 Å². The van der Waals surface area contributed by atoms with Crippen molar-refractivity contribution in [1.29, 1.82) is 0 Å². The maximum Gasteiger partial charge on any atom is 0.326 e. The van der Waals surface area contributed by atoms with Crippen molar-refractivity contribution in [2.24, 2.45) is 0 Å². The number of rotatable bonds is 17. The average Bonchev–Trinajstić information content (AvgIpc) is 3.81. The van der Waals surface area contributed by atoms with E-state index in [0.717, 1.165) is 50.2 Å². The highest BCUT2D eigenvalue weighted by Crippen LogP contribution is 2.50. The summed E-state index contributed by atoms with van der Waals surface area (Å²) in [5.74, 6) is 0.0244. The van der Waals surface area contributed by atoms with E-state index in [9.17, 15) is 19.1 Å². The van der Waals surface area contributed by atoms with Gasteiger partial charge in [0.2, 0.25) is 5.91 Å². The number of hydrogen-bond donors (Lipinski definition) is 3. The number of unbranched alkanes of at least 4 members (excludes halogenated alkanes) is 1. The fourth-order valence-electron chi connectivity index (χ4n) is 5.39. The summed E-state index contributed by atoms with van der Waals surface area (Å²) >= 11 is 0. The standard InChI is InChI=1S/C30H42FN5O5/c1-40-23(19-31)20-36(17-4-3-8-22-11-10-21-7-5-16-33-27(21)34-22)18-12-24(28(37)38)35-29(39)30(13-14-30)26-25(41-2)9-6-15-32-26/h6,9-11,15,23-24H,3-5,7-8,12-14,16-20H2,1-2H3,(H,33,34)(H,35,39)(H,37,38)/t23-,24+/m1/s1. The summed E-state index contributed by atoms with van der Waals surface area (Å²) in [6, 6.07) is 6.63. The molecule has 1 saturated carbocycles. The number of anilines is 1. The van der Waals surface area contributed by atoms with Crippen LogP contribution in [0.25, 0.3) is 0 Å². The topological polar surface area (TPSA) is 126 Å². The van der Waals surface area contributed by atoms with Gasteiger partial charge in [0.05, 0.1) is 24.3 Å². The van der Waals surface area contributed by atoms with Gasteiger partial charge in [-0.2, -0.15) is 0 Å². The smallest absolute Gasteiger partial charge is 0.326 e. The number of methoxy groups -OCH3 is 2. The summed E-state index contributed by atoms with van der Waals surface area (Å²) in [6.45, 7) is 1.68. The number of aliphatic carboxylic acids is 1. The molecule has 0 unspecified atom stereocenters. The first-order valence-electron chi connectivity index (χ1n) is 14.5. The van der Waals surface area contributed by atoms with Gasteiger partial charge in [0.25, 0.3) is 0 Å². The minimum absolute atomic E-state index is 0.178. The molecule has 2 atom stereocenters. The van der Waals surface area contributed by atoms with Crippen molar-refractivity contribution in [3.05, 3.63) is 47.4 Å². The van der Waals surface area contributed by atoms with E-state index >= 15 is 0 Å². The van der Waals surface area contributed by atoms with E-state index in [4.69, 9.17) is 14.5 Å². The number of carbonyl (C=O) groups excluding carboxylic acids is 1. The summed E-state index contributed by atoms with van der Waals surface area (Å²) in [4.78, 5) is 36.6. The van der Waals surface area contributed by atoms with Crippen molar-refractivity contribution < 1.29 is 28.6 Å². The SMILES string of the molecule is COc1cccnc1C1(C(=O)N[C@@H](CCN(CCCCc2ccc3c(n2)NCCC3)C[C@@H](CF)OC)C(=O)O)CC1. The van der Waals surface area contributed by atoms with Gasteiger partial charge in [-0.25, -0.2) is 14.2 Å². The van der Waals surface area contributed by atoms with Crippen molar-refractivity contribution in [2.45, 2.75) is 68.9 Å². The molecule has 224 valence electrons. The van der Waals surface area contributed by atoms with E-state index in [1.54, 1.807) is 18.3 Å². The van der Waals surface area contributed by atoms with Gasteiger partial charge in [-0.15, -0.1) is 0 Å². The zero-order valence-corrected chi connectivity index (χ0v) is 24.0. The number of halogens is 1.